The summed E-state index contributed by atoms with van der Waals surface area (Å²) in [5.74, 6) is 2.40. The van der Waals surface area contributed by atoms with Crippen LogP contribution in [0, 0.1) is 0 Å². The molecular weight excluding hydrogens is 332 g/mol. The molecule has 5 nitrogen and oxygen atoms in total. The monoisotopic (exact) mass is 358 g/mol. The molecule has 5 heteroatoms. The van der Waals surface area contributed by atoms with Crippen molar-refractivity contribution >= 4 is 0 Å². The molecule has 0 aromatic heterocycles. The van der Waals surface area contributed by atoms with Crippen LogP contribution in [-0.2, 0) is 12.0 Å². The second-order valence-corrected chi connectivity index (χ2v) is 6.50. The normalized spacial score (nSPS) is 19.3. The number of rotatable bonds is 5. The molecule has 1 atom stereocenters. The Morgan fingerprint density at radius 1 is 0.846 bits per heavy atom. The van der Waals surface area contributed by atoms with Gasteiger partial charge in [0.2, 0.25) is 5.75 Å². The molecule has 2 aromatic rings. The lowest BCUT2D eigenvalue weighted by molar-refractivity contribution is 0.0698. The average Bonchev–Trinajstić information content (AvgIpc) is 2.85. The molecule has 1 aliphatic rings. The maximum absolute atomic E-state index is 11.7. The molecule has 0 saturated carbocycles. The summed E-state index contributed by atoms with van der Waals surface area (Å²) in [5, 5.41) is 11.7. The van der Waals surface area contributed by atoms with Crippen molar-refractivity contribution < 1.29 is 24.1 Å². The van der Waals surface area contributed by atoms with Crippen LogP contribution in [0.25, 0.3) is 0 Å². The van der Waals surface area contributed by atoms with Crippen molar-refractivity contribution in [2.45, 2.75) is 31.3 Å². The third-order valence-corrected chi connectivity index (χ3v) is 5.13. The highest BCUT2D eigenvalue weighted by Gasteiger charge is 2.36. The number of hydrogen-bond donors (Lipinski definition) is 1. The molecule has 0 radical (unpaired) electrons. The quantitative estimate of drug-likeness (QED) is 0.826. The van der Waals surface area contributed by atoms with E-state index in [1.54, 1.807) is 28.4 Å². The molecule has 0 bridgehead atoms. The van der Waals surface area contributed by atoms with Gasteiger partial charge in [-0.1, -0.05) is 6.07 Å². The molecule has 26 heavy (non-hydrogen) atoms. The number of aryl methyl sites for hydroxylation is 1. The highest BCUT2D eigenvalue weighted by atomic mass is 16.5. The largest absolute Gasteiger partial charge is 0.497 e. The van der Waals surface area contributed by atoms with Gasteiger partial charge in [0.05, 0.1) is 28.4 Å². The standard InChI is InChI=1S/C21H26O5/c1-23-16-8-9-17-14(11-16)7-5-6-10-21(17,22)15-12-18(24-2)20(26-4)19(13-15)25-3/h8-9,11-13,22H,5-7,10H2,1-4H3. The van der Waals surface area contributed by atoms with Crippen LogP contribution in [0.5, 0.6) is 23.0 Å². The molecule has 0 heterocycles. The Labute approximate surface area is 154 Å². The van der Waals surface area contributed by atoms with Gasteiger partial charge in [0.15, 0.2) is 11.5 Å². The molecule has 0 aliphatic heterocycles. The predicted octanol–water partition coefficient (Wildman–Crippen LogP) is 3.68. The molecular formula is C21H26O5. The Hall–Kier alpha value is -2.40. The van der Waals surface area contributed by atoms with Gasteiger partial charge in [0.1, 0.15) is 11.4 Å². The van der Waals surface area contributed by atoms with Crippen LogP contribution in [-0.4, -0.2) is 33.5 Å². The van der Waals surface area contributed by atoms with Crippen molar-refractivity contribution in [3.05, 3.63) is 47.0 Å². The Kier molecular flexibility index (Phi) is 5.28. The third-order valence-electron chi connectivity index (χ3n) is 5.13. The number of ether oxygens (including phenoxy) is 4. The van der Waals surface area contributed by atoms with Crippen LogP contribution < -0.4 is 18.9 Å². The maximum atomic E-state index is 11.7. The van der Waals surface area contributed by atoms with Crippen molar-refractivity contribution in [2.75, 3.05) is 28.4 Å². The first-order valence-electron chi connectivity index (χ1n) is 8.77. The summed E-state index contributed by atoms with van der Waals surface area (Å²) in [6.07, 6.45) is 3.49. The summed E-state index contributed by atoms with van der Waals surface area (Å²) in [4.78, 5) is 0. The molecule has 0 saturated heterocycles. The first-order chi connectivity index (χ1) is 12.6. The fourth-order valence-electron chi connectivity index (χ4n) is 3.76. The second kappa shape index (κ2) is 7.46. The first-order valence-corrected chi connectivity index (χ1v) is 8.77. The van der Waals surface area contributed by atoms with E-state index in [0.29, 0.717) is 23.7 Å². The molecule has 2 aromatic carbocycles. The van der Waals surface area contributed by atoms with Crippen molar-refractivity contribution in [3.63, 3.8) is 0 Å². The minimum atomic E-state index is -1.12. The molecule has 0 spiro atoms. The van der Waals surface area contributed by atoms with Gasteiger partial charge in [-0.3, -0.25) is 0 Å². The van der Waals surface area contributed by atoms with Gasteiger partial charge >= 0.3 is 0 Å². The second-order valence-electron chi connectivity index (χ2n) is 6.50. The van der Waals surface area contributed by atoms with Crippen LogP contribution in [0.4, 0.5) is 0 Å². The highest BCUT2D eigenvalue weighted by molar-refractivity contribution is 5.57. The summed E-state index contributed by atoms with van der Waals surface area (Å²) in [5.41, 5.74) is 1.63. The van der Waals surface area contributed by atoms with E-state index in [1.807, 2.05) is 30.3 Å². The highest BCUT2D eigenvalue weighted by Crippen LogP contribution is 2.46. The van der Waals surface area contributed by atoms with E-state index in [2.05, 4.69) is 0 Å². The number of aliphatic hydroxyl groups is 1. The summed E-state index contributed by atoms with van der Waals surface area (Å²) in [7, 11) is 6.39. The number of methoxy groups -OCH3 is 4. The van der Waals surface area contributed by atoms with Crippen LogP contribution in [0.2, 0.25) is 0 Å². The Morgan fingerprint density at radius 3 is 2.12 bits per heavy atom. The van der Waals surface area contributed by atoms with Gasteiger partial charge in [-0.25, -0.2) is 0 Å². The van der Waals surface area contributed by atoms with Crippen LogP contribution in [0.15, 0.2) is 30.3 Å². The predicted molar refractivity (Wildman–Crippen MR) is 99.6 cm³/mol. The topological polar surface area (TPSA) is 57.2 Å². The van der Waals surface area contributed by atoms with Crippen molar-refractivity contribution in [2.24, 2.45) is 0 Å². The summed E-state index contributed by atoms with van der Waals surface area (Å²) >= 11 is 0. The van der Waals surface area contributed by atoms with E-state index in [9.17, 15) is 5.11 Å². The van der Waals surface area contributed by atoms with Crippen LogP contribution in [0.3, 0.4) is 0 Å². The average molecular weight is 358 g/mol. The van der Waals surface area contributed by atoms with Gasteiger partial charge in [0.25, 0.3) is 0 Å². The molecule has 1 aliphatic carbocycles. The lowest BCUT2D eigenvalue weighted by Gasteiger charge is -2.31. The zero-order valence-corrected chi connectivity index (χ0v) is 15.8. The number of fused-ring (bicyclic) bond motifs is 1. The maximum Gasteiger partial charge on any atom is 0.203 e. The van der Waals surface area contributed by atoms with Gasteiger partial charge < -0.3 is 24.1 Å². The fraction of sp³-hybridized carbons (Fsp3) is 0.429. The van der Waals surface area contributed by atoms with E-state index < -0.39 is 5.60 Å². The van der Waals surface area contributed by atoms with E-state index in [0.717, 1.165) is 41.7 Å². The smallest absolute Gasteiger partial charge is 0.203 e. The zero-order valence-electron chi connectivity index (χ0n) is 15.8. The van der Waals surface area contributed by atoms with Crippen molar-refractivity contribution in [1.82, 2.24) is 0 Å². The Bertz CT molecular complexity index is 761. The minimum absolute atomic E-state index is 0.519. The summed E-state index contributed by atoms with van der Waals surface area (Å²) < 4.78 is 21.7. The summed E-state index contributed by atoms with van der Waals surface area (Å²) in [6.45, 7) is 0. The van der Waals surface area contributed by atoms with E-state index in [4.69, 9.17) is 18.9 Å². The molecule has 140 valence electrons. The Balaban J connectivity index is 2.19. The Morgan fingerprint density at radius 2 is 1.54 bits per heavy atom. The molecule has 3 rings (SSSR count). The van der Waals surface area contributed by atoms with E-state index in [-0.39, 0.29) is 0 Å². The third kappa shape index (κ3) is 3.07. The SMILES string of the molecule is COc1ccc2c(c1)CCCCC2(O)c1cc(OC)c(OC)c(OC)c1. The minimum Gasteiger partial charge on any atom is -0.497 e. The molecule has 0 fully saturated rings. The lowest BCUT2D eigenvalue weighted by Crippen LogP contribution is -2.27. The van der Waals surface area contributed by atoms with Gasteiger partial charge in [-0.2, -0.15) is 0 Å². The van der Waals surface area contributed by atoms with E-state index >= 15 is 0 Å². The first kappa shape index (κ1) is 18.4. The van der Waals surface area contributed by atoms with Gasteiger partial charge in [-0.15, -0.1) is 0 Å². The van der Waals surface area contributed by atoms with E-state index in [1.165, 1.54) is 0 Å². The summed E-state index contributed by atoms with van der Waals surface area (Å²) in [6, 6.07) is 9.54. The van der Waals surface area contributed by atoms with Crippen molar-refractivity contribution in [1.29, 1.82) is 0 Å². The number of benzene rings is 2. The fourth-order valence-corrected chi connectivity index (χ4v) is 3.76. The van der Waals surface area contributed by atoms with Gasteiger partial charge in [0, 0.05) is 0 Å². The van der Waals surface area contributed by atoms with Crippen LogP contribution >= 0.6 is 0 Å². The zero-order chi connectivity index (χ0) is 18.7. The molecule has 0 amide bonds. The van der Waals surface area contributed by atoms with Crippen LogP contribution in [0.1, 0.15) is 36.0 Å². The van der Waals surface area contributed by atoms with Gasteiger partial charge in [-0.05, 0) is 66.6 Å². The molecule has 1 unspecified atom stereocenters. The number of hydrogen-bond acceptors (Lipinski definition) is 5. The molecule has 1 N–H and O–H groups in total. The van der Waals surface area contributed by atoms with Crippen molar-refractivity contribution in [3.8, 4) is 23.0 Å². The lowest BCUT2D eigenvalue weighted by atomic mass is 9.81.